The molecule has 0 aliphatic carbocycles. The normalized spacial score (nSPS) is 14.9. The molecule has 0 rings (SSSR count). The maximum absolute atomic E-state index is 13.1. The first-order chi connectivity index (χ1) is 53.7. The van der Waals surface area contributed by atoms with Crippen LogP contribution in [-0.4, -0.2) is 96.7 Å². The Hall–Kier alpha value is -6.36. The molecule has 0 aromatic heterocycles. The van der Waals surface area contributed by atoms with Gasteiger partial charge < -0.3 is 33.8 Å². The van der Waals surface area contributed by atoms with Gasteiger partial charge >= 0.3 is 39.5 Å². The van der Waals surface area contributed by atoms with Crippen molar-refractivity contribution in [2.75, 3.05) is 39.6 Å². The summed E-state index contributed by atoms with van der Waals surface area (Å²) in [6.45, 7) is 4.25. The van der Waals surface area contributed by atoms with Crippen LogP contribution in [0.3, 0.4) is 0 Å². The lowest BCUT2D eigenvalue weighted by Crippen LogP contribution is -2.30. The third-order valence-corrected chi connectivity index (χ3v) is 18.1. The molecule has 0 saturated carbocycles. The predicted octanol–water partition coefficient (Wildman–Crippen LogP) is 24.7. The van der Waals surface area contributed by atoms with Gasteiger partial charge in [-0.05, 0) is 173 Å². The SMILES string of the molecule is CC/C=C\C/C=C\C/C=C\C/C=C\C/C=C\C/C=C\CCC(=O)OCC(COP(=O)(O)OCC(O)COP(=O)(O)OCC(COC(=O)CCCCC/C=C\C/C=C\C/C=C\C/C=C\C/C=C\CC)OC(=O)CCCCCCCCC/C=C\C/C=C\C/C=C\CC)OC(=O)CCCCCCC/C=C\C/C=C\C/C=C\CC. The van der Waals surface area contributed by atoms with E-state index in [1.54, 1.807) is 0 Å². The van der Waals surface area contributed by atoms with Gasteiger partial charge in [0.2, 0.25) is 0 Å². The van der Waals surface area contributed by atoms with Crippen LogP contribution in [0.1, 0.15) is 285 Å². The Balaban J connectivity index is 5.51. The van der Waals surface area contributed by atoms with Crippen LogP contribution in [0.15, 0.2) is 207 Å². The Morgan fingerprint density at radius 1 is 0.255 bits per heavy atom. The fraction of sp³-hybridized carbons (Fsp3) is 0.582. The van der Waals surface area contributed by atoms with Crippen LogP contribution < -0.4 is 0 Å². The van der Waals surface area contributed by atoms with E-state index in [1.807, 2.05) is 18.2 Å². The number of hydrogen-bond acceptors (Lipinski definition) is 15. The first-order valence-electron chi connectivity index (χ1n) is 41.3. The van der Waals surface area contributed by atoms with Crippen molar-refractivity contribution in [3.8, 4) is 0 Å². The third-order valence-electron chi connectivity index (χ3n) is 16.2. The number of carbonyl (C=O) groups excluding carboxylic acids is 4. The van der Waals surface area contributed by atoms with E-state index < -0.39 is 97.5 Å². The lowest BCUT2D eigenvalue weighted by molar-refractivity contribution is -0.161. The highest BCUT2D eigenvalue weighted by atomic mass is 31.2. The lowest BCUT2D eigenvalue weighted by atomic mass is 10.1. The van der Waals surface area contributed by atoms with Crippen molar-refractivity contribution in [1.29, 1.82) is 0 Å². The van der Waals surface area contributed by atoms with Gasteiger partial charge in [-0.25, -0.2) is 9.13 Å². The van der Waals surface area contributed by atoms with Gasteiger partial charge in [-0.3, -0.25) is 37.3 Å². The number of phosphoric ester groups is 2. The first-order valence-corrected chi connectivity index (χ1v) is 44.3. The summed E-state index contributed by atoms with van der Waals surface area (Å²) in [4.78, 5) is 73.2. The van der Waals surface area contributed by atoms with Gasteiger partial charge in [0.1, 0.15) is 19.3 Å². The molecule has 0 aromatic carbocycles. The molecule has 0 amide bonds. The van der Waals surface area contributed by atoms with Crippen molar-refractivity contribution in [3.05, 3.63) is 207 Å². The molecule has 0 fully saturated rings. The highest BCUT2D eigenvalue weighted by Crippen LogP contribution is 2.45. The van der Waals surface area contributed by atoms with Crippen molar-refractivity contribution in [1.82, 2.24) is 0 Å². The second kappa shape index (κ2) is 80.7. The molecule has 0 saturated heterocycles. The van der Waals surface area contributed by atoms with Gasteiger partial charge in [-0.15, -0.1) is 0 Å². The molecule has 0 spiro atoms. The average Bonchev–Trinajstić information content (AvgIpc) is 0.899. The molecule has 17 nitrogen and oxygen atoms in total. The summed E-state index contributed by atoms with van der Waals surface area (Å²) in [6, 6.07) is 0. The Morgan fingerprint density at radius 3 is 0.745 bits per heavy atom. The minimum absolute atomic E-state index is 0.0235. The molecule has 0 bridgehead atoms. The Morgan fingerprint density at radius 2 is 0.464 bits per heavy atom. The highest BCUT2D eigenvalue weighted by Gasteiger charge is 2.30. The molecule has 0 heterocycles. The molecule has 110 heavy (non-hydrogen) atoms. The van der Waals surface area contributed by atoms with E-state index in [0.29, 0.717) is 32.1 Å². The average molecular weight is 1570 g/mol. The van der Waals surface area contributed by atoms with Gasteiger partial charge in [0.25, 0.3) is 0 Å². The van der Waals surface area contributed by atoms with Gasteiger partial charge in [0.15, 0.2) is 12.2 Å². The largest absolute Gasteiger partial charge is 0.472 e. The second-order valence-corrected chi connectivity index (χ2v) is 29.4. The molecule has 19 heteroatoms. The molecular formula is C91H144O17P2. The quantitative estimate of drug-likeness (QED) is 0.0169. The number of carbonyl (C=O) groups is 4. The number of esters is 4. The van der Waals surface area contributed by atoms with E-state index in [0.717, 1.165) is 199 Å². The molecule has 0 aliphatic rings. The highest BCUT2D eigenvalue weighted by molar-refractivity contribution is 7.47. The van der Waals surface area contributed by atoms with Crippen LogP contribution in [0.2, 0.25) is 0 Å². The van der Waals surface area contributed by atoms with Gasteiger partial charge in [0.05, 0.1) is 26.4 Å². The number of allylic oxidation sites excluding steroid dienone is 34. The number of hydrogen-bond donors (Lipinski definition) is 3. The van der Waals surface area contributed by atoms with Crippen LogP contribution in [0, 0.1) is 0 Å². The van der Waals surface area contributed by atoms with Crippen molar-refractivity contribution in [2.45, 2.75) is 303 Å². The summed E-state index contributed by atoms with van der Waals surface area (Å²) in [7, 11) is -10.0. The van der Waals surface area contributed by atoms with E-state index >= 15 is 0 Å². The van der Waals surface area contributed by atoms with Crippen LogP contribution >= 0.6 is 15.6 Å². The maximum Gasteiger partial charge on any atom is 0.472 e. The van der Waals surface area contributed by atoms with E-state index in [1.165, 1.54) is 0 Å². The summed E-state index contributed by atoms with van der Waals surface area (Å²) in [5, 5.41) is 10.7. The van der Waals surface area contributed by atoms with Gasteiger partial charge in [0, 0.05) is 25.7 Å². The minimum atomic E-state index is -5.02. The molecule has 0 aliphatic heterocycles. The zero-order chi connectivity index (χ0) is 80.3. The number of aliphatic hydroxyl groups excluding tert-OH is 1. The van der Waals surface area contributed by atoms with Crippen LogP contribution in [0.5, 0.6) is 0 Å². The summed E-state index contributed by atoms with van der Waals surface area (Å²) in [6.07, 6.45) is 101. The summed E-state index contributed by atoms with van der Waals surface area (Å²) in [5.41, 5.74) is 0. The number of aliphatic hydroxyl groups is 1. The van der Waals surface area contributed by atoms with Crippen LogP contribution in [0.25, 0.3) is 0 Å². The van der Waals surface area contributed by atoms with Crippen molar-refractivity contribution in [3.63, 3.8) is 0 Å². The monoisotopic (exact) mass is 1570 g/mol. The number of ether oxygens (including phenoxy) is 4. The van der Waals surface area contributed by atoms with Crippen LogP contribution in [0.4, 0.5) is 0 Å². The molecule has 620 valence electrons. The smallest absolute Gasteiger partial charge is 0.462 e. The number of unbranched alkanes of at least 4 members (excludes halogenated alkanes) is 15. The van der Waals surface area contributed by atoms with E-state index in [9.17, 15) is 43.2 Å². The molecule has 5 unspecified atom stereocenters. The molecular weight excluding hydrogens is 1430 g/mol. The number of phosphoric acid groups is 2. The maximum atomic E-state index is 13.1. The second-order valence-electron chi connectivity index (χ2n) is 26.5. The fourth-order valence-electron chi connectivity index (χ4n) is 10.1. The Kier molecular flexibility index (Phi) is 76.0. The number of rotatable bonds is 75. The lowest BCUT2D eigenvalue weighted by Gasteiger charge is -2.21. The zero-order valence-corrected chi connectivity index (χ0v) is 69.6. The predicted molar refractivity (Wildman–Crippen MR) is 454 cm³/mol. The minimum Gasteiger partial charge on any atom is -0.462 e. The molecule has 5 atom stereocenters. The summed E-state index contributed by atoms with van der Waals surface area (Å²) in [5.74, 6) is -2.36. The molecule has 3 N–H and O–H groups in total. The Labute approximate surface area is 665 Å². The van der Waals surface area contributed by atoms with E-state index in [4.69, 9.17) is 37.0 Å². The van der Waals surface area contributed by atoms with Gasteiger partial charge in [-0.1, -0.05) is 292 Å². The fourth-order valence-corrected chi connectivity index (χ4v) is 11.7. The van der Waals surface area contributed by atoms with Crippen molar-refractivity contribution >= 4 is 39.5 Å². The van der Waals surface area contributed by atoms with Crippen molar-refractivity contribution < 1.29 is 80.2 Å². The van der Waals surface area contributed by atoms with Crippen LogP contribution in [-0.2, 0) is 65.4 Å². The summed E-state index contributed by atoms with van der Waals surface area (Å²) < 4.78 is 68.6. The summed E-state index contributed by atoms with van der Waals surface area (Å²) >= 11 is 0. The standard InChI is InChI=1S/C91H144O17P2/c1-5-9-13-17-21-25-29-33-37-40-42-45-48-51-55-59-63-67-71-75-88(93)101-81-86(107-90(95)77-73-69-65-61-57-53-47-36-32-28-24-20-16-12-8-4)83-105-109(97,98)103-79-85(92)80-104-110(99,100)106-84-87(108-91(96)78-74-70-66-62-58-54-50-44-39-35-31-27-23-19-15-11-7-3)82-102-89(94)76-72-68-64-60-56-52-49-46-43-41-38-34-30-26-22-18-14-10-6-2/h9-16,21-28,33-39,42-43,45-47,51-52,55-56,63,67,85-87,92H,5-8,17-20,29-32,40-41,44,48-50,53-54,57-62,64-66,68-84H2,1-4H3,(H,97,98)(H,99,100)/b13-9-,14-10-,15-11-,16-12-,25-21-,26-22-,27-23-,28-24-,37-33-,38-34-,39-35-,45-42-,46-43-,47-36-,55-51-,56-52-,67-63-. The molecule has 0 radical (unpaired) electrons. The first kappa shape index (κ1) is 104. The van der Waals surface area contributed by atoms with E-state index in [-0.39, 0.29) is 25.7 Å². The Bertz CT molecular complexity index is 2900. The van der Waals surface area contributed by atoms with Crippen molar-refractivity contribution in [2.24, 2.45) is 0 Å². The zero-order valence-electron chi connectivity index (χ0n) is 67.8. The van der Waals surface area contributed by atoms with E-state index in [2.05, 4.69) is 216 Å². The molecule has 0 aromatic rings. The topological polar surface area (TPSA) is 237 Å². The van der Waals surface area contributed by atoms with Gasteiger partial charge in [-0.2, -0.15) is 0 Å². The third kappa shape index (κ3) is 79.7.